The van der Waals surface area contributed by atoms with Crippen LogP contribution < -0.4 is 51.2 Å². The summed E-state index contributed by atoms with van der Waals surface area (Å²) in [5.74, 6) is 3.90. The summed E-state index contributed by atoms with van der Waals surface area (Å²) in [6, 6.07) is 15.6. The summed E-state index contributed by atoms with van der Waals surface area (Å²) >= 11 is 0. The van der Waals surface area contributed by atoms with Crippen LogP contribution in [0.5, 0.6) is 0 Å². The summed E-state index contributed by atoms with van der Waals surface area (Å²) in [7, 11) is -10.4. The van der Waals surface area contributed by atoms with Crippen LogP contribution in [-0.4, -0.2) is 85.0 Å². The minimum Gasteiger partial charge on any atom is -0.756 e. The van der Waals surface area contributed by atoms with Gasteiger partial charge in [0, 0.05) is 85.1 Å². The number of nitrogens with zero attached hydrogens (tertiary/aromatic N) is 3. The Morgan fingerprint density at radius 1 is 1.00 bits per heavy atom. The number of unbranched alkanes of at least 4 members (excludes halogenated alkanes) is 2. The molecule has 66 heavy (non-hydrogen) atoms. The summed E-state index contributed by atoms with van der Waals surface area (Å²) in [6.45, 7) is -0.811. The number of aromatic nitrogens is 2. The van der Waals surface area contributed by atoms with Gasteiger partial charge in [-0.1, -0.05) is 17.9 Å². The van der Waals surface area contributed by atoms with E-state index in [4.69, 9.17) is 14.0 Å². The lowest BCUT2D eigenvalue weighted by Gasteiger charge is -2.32. The van der Waals surface area contributed by atoms with E-state index >= 15 is 0 Å². The van der Waals surface area contributed by atoms with Crippen molar-refractivity contribution in [3.05, 3.63) is 104 Å². The number of nitrogens with one attached hydrogen (secondary N) is 2. The molecule has 0 saturated carbocycles. The molecule has 3 heterocycles. The average molecular weight is 973 g/mol. The molecule has 1 amide bonds. The van der Waals surface area contributed by atoms with Gasteiger partial charge in [-0.3, -0.25) is 32.8 Å². The number of anilines is 1. The highest BCUT2D eigenvalue weighted by Crippen LogP contribution is 2.61. The molecule has 26 heteroatoms. The molecule has 3 aromatic rings. The normalized spacial score (nSPS) is 18.7. The zero-order valence-corrected chi connectivity index (χ0v) is 38.0. The molecule has 2 aromatic carbocycles. The Labute approximate surface area is 374 Å². The lowest BCUT2D eigenvalue weighted by Crippen LogP contribution is -2.36. The van der Waals surface area contributed by atoms with Crippen molar-refractivity contribution in [2.24, 2.45) is 0 Å². The number of phosphoric acid groups is 3. The summed E-state index contributed by atoms with van der Waals surface area (Å²) in [5, 5.41) is 27.5. The van der Waals surface area contributed by atoms with Gasteiger partial charge in [0.05, 0.1) is 24.7 Å². The molecule has 3 aliphatic rings. The van der Waals surface area contributed by atoms with Crippen molar-refractivity contribution >= 4 is 52.0 Å². The predicted molar refractivity (Wildman–Crippen MR) is 226 cm³/mol. The van der Waals surface area contributed by atoms with Crippen molar-refractivity contribution < 1.29 is 75.4 Å². The van der Waals surface area contributed by atoms with E-state index in [1.807, 2.05) is 79.0 Å². The van der Waals surface area contributed by atoms with Gasteiger partial charge >= 0.3 is 5.69 Å². The van der Waals surface area contributed by atoms with Crippen LogP contribution in [0, 0.1) is 11.8 Å². The number of aromatic amines is 1. The first-order valence-corrected chi connectivity index (χ1v) is 24.1. The quantitative estimate of drug-likeness (QED) is 0.0320. The number of hydrogen-bond acceptors (Lipinski definition) is 18. The molecule has 352 valence electrons. The van der Waals surface area contributed by atoms with Crippen LogP contribution in [0.25, 0.3) is 33.4 Å². The number of carboxylic acids is 1. The Balaban J connectivity index is 1.07. The van der Waals surface area contributed by atoms with E-state index in [-0.39, 0.29) is 36.1 Å². The minimum atomic E-state index is -6.15. The molecule has 1 aliphatic carbocycles. The average Bonchev–Trinajstić information content (AvgIpc) is 3.59. The van der Waals surface area contributed by atoms with Crippen LogP contribution in [0.4, 0.5) is 5.69 Å². The number of aliphatic hydroxyl groups excluding tert-OH is 1. The lowest BCUT2D eigenvalue weighted by atomic mass is 9.89. The van der Waals surface area contributed by atoms with Gasteiger partial charge in [-0.25, -0.2) is 18.0 Å². The zero-order valence-electron chi connectivity index (χ0n) is 35.4. The van der Waals surface area contributed by atoms with Gasteiger partial charge in [-0.2, -0.15) is 0 Å². The van der Waals surface area contributed by atoms with Crippen LogP contribution in [0.3, 0.4) is 0 Å². The number of amides is 1. The molecule has 0 bridgehead atoms. The zero-order chi connectivity index (χ0) is 48.3. The third kappa shape index (κ3) is 12.3. The molecule has 2 aliphatic heterocycles. The maximum absolute atomic E-state index is 13.2. The summed E-state index contributed by atoms with van der Waals surface area (Å²) < 4.78 is 59.6. The number of phosphoric ester groups is 1. The summed E-state index contributed by atoms with van der Waals surface area (Å²) in [6.07, 6.45) is -2.59. The first-order chi connectivity index (χ1) is 30.9. The van der Waals surface area contributed by atoms with E-state index in [0.717, 1.165) is 21.8 Å². The number of carbonyl (C=O) groups is 2. The van der Waals surface area contributed by atoms with Crippen LogP contribution in [-0.2, 0) is 31.6 Å². The second-order valence-corrected chi connectivity index (χ2v) is 19.5. The molecule has 1 fully saturated rings. The third-order valence-electron chi connectivity index (χ3n) is 9.96. The second kappa shape index (κ2) is 20.1. The Hall–Kier alpha value is -5.56. The van der Waals surface area contributed by atoms with Crippen LogP contribution >= 0.6 is 23.5 Å². The van der Waals surface area contributed by atoms with Crippen molar-refractivity contribution in [1.82, 2.24) is 19.4 Å². The number of ether oxygens (including phenoxy) is 1. The molecule has 4 N–H and O–H groups in total. The fraction of sp³-hybridized carbons (Fsp3) is 0.325. The van der Waals surface area contributed by atoms with E-state index in [9.17, 15) is 57.8 Å². The fourth-order valence-electron chi connectivity index (χ4n) is 6.90. The molecular formula is C40H41N5O18P3-3. The molecule has 1 saturated heterocycles. The molecule has 0 radical (unpaired) electrons. The van der Waals surface area contributed by atoms with Gasteiger partial charge in [0.15, 0.2) is 6.23 Å². The maximum atomic E-state index is 13.2. The van der Waals surface area contributed by atoms with Gasteiger partial charge in [0.1, 0.15) is 37.1 Å². The second-order valence-electron chi connectivity index (χ2n) is 15.2. The number of hydrogen-bond donors (Lipinski definition) is 4. The van der Waals surface area contributed by atoms with Crippen molar-refractivity contribution in [3.8, 4) is 34.3 Å². The van der Waals surface area contributed by atoms with E-state index < -0.39 is 71.6 Å². The first-order valence-electron chi connectivity index (χ1n) is 19.6. The van der Waals surface area contributed by atoms with Gasteiger partial charge in [-0.05, 0) is 48.7 Å². The highest BCUT2D eigenvalue weighted by Gasteiger charge is 2.37. The number of aliphatic hydroxyl groups is 1. The first kappa shape index (κ1) is 49.9. The number of carbonyl (C=O) groups excluding carboxylic acids is 2. The highest BCUT2D eigenvalue weighted by molar-refractivity contribution is 7.65. The van der Waals surface area contributed by atoms with Crippen molar-refractivity contribution in [3.63, 3.8) is 0 Å². The SMILES string of the molecule is CN(C)c1ccc2c(-c3ccc(C(=O)NCCCCC#Cc4cn(C5OC(COP(=O)([O-])OP(=O)([O-])OP(=O)([O-])O)CC5O)c(=O)[nH]c4=O)cc3C(=O)[O-])c3ccc(=[N+](C)C)cc-3oc2c1. The van der Waals surface area contributed by atoms with Crippen molar-refractivity contribution in [1.29, 1.82) is 0 Å². The predicted octanol–water partition coefficient (Wildman–Crippen LogP) is -0.437. The third-order valence-corrected chi connectivity index (χ3v) is 13.6. The Morgan fingerprint density at radius 2 is 1.73 bits per heavy atom. The van der Waals surface area contributed by atoms with Crippen molar-refractivity contribution in [2.75, 3.05) is 46.2 Å². The smallest absolute Gasteiger partial charge is 0.330 e. The number of aromatic carboxylic acids is 1. The van der Waals surface area contributed by atoms with Gasteiger partial charge < -0.3 is 58.5 Å². The van der Waals surface area contributed by atoms with Crippen LogP contribution in [0.2, 0.25) is 0 Å². The van der Waals surface area contributed by atoms with E-state index in [0.29, 0.717) is 46.3 Å². The van der Waals surface area contributed by atoms with Crippen LogP contribution in [0.15, 0.2) is 74.8 Å². The Bertz CT molecular complexity index is 3070. The minimum absolute atomic E-state index is 0.0839. The molecule has 0 spiro atoms. The maximum Gasteiger partial charge on any atom is 0.330 e. The molecular weight excluding hydrogens is 931 g/mol. The van der Waals surface area contributed by atoms with Gasteiger partial charge in [-0.15, -0.1) is 0 Å². The number of H-pyrrole nitrogens is 1. The Morgan fingerprint density at radius 3 is 2.41 bits per heavy atom. The molecule has 23 nitrogen and oxygen atoms in total. The number of fused-ring (bicyclic) bond motifs is 2. The molecule has 6 rings (SSSR count). The van der Waals surface area contributed by atoms with Gasteiger partial charge in [0.2, 0.25) is 5.36 Å². The molecule has 6 unspecified atom stereocenters. The molecule has 1 aromatic heterocycles. The Kier molecular flexibility index (Phi) is 15.2. The number of benzene rings is 3. The van der Waals surface area contributed by atoms with E-state index in [1.165, 1.54) is 12.1 Å². The fourth-order valence-corrected chi connectivity index (χ4v) is 9.81. The number of rotatable bonds is 16. The largest absolute Gasteiger partial charge is 0.756 e. The highest BCUT2D eigenvalue weighted by atomic mass is 31.3. The van der Waals surface area contributed by atoms with Gasteiger partial charge in [0.25, 0.3) is 34.9 Å². The lowest BCUT2D eigenvalue weighted by molar-refractivity contribution is -0.255. The van der Waals surface area contributed by atoms with Crippen LogP contribution in [0.1, 0.15) is 58.2 Å². The monoisotopic (exact) mass is 972 g/mol. The van der Waals surface area contributed by atoms with Crippen molar-refractivity contribution in [2.45, 2.75) is 44.1 Å². The van der Waals surface area contributed by atoms with E-state index in [1.54, 1.807) is 6.07 Å². The summed E-state index contributed by atoms with van der Waals surface area (Å²) in [4.78, 5) is 97.4. The standard InChI is InChI=1S/C40H44N5O18P3/c1-43(2)25-11-14-29-33(18-25)61-34-19-26(44(3)4)12-15-30(34)35(29)28-13-10-23(17-31(28)39(49)50)36(47)41-16-8-6-5-7-9-24-21-45(40(51)42-37(24)48)38-32(46)20-27(60-38)22-59-65(55,56)63-66(57,58)62-64(52,53)54/h10-15,17-19,21,27,32,38,46H,5-6,8,16,20,22H2,1-4H3,(H6-,41,42,47,48,49,50,51,52,53,54,55,56,57,58)/p-3. The summed E-state index contributed by atoms with van der Waals surface area (Å²) in [5.41, 5.74) is 0.748. The topological polar surface area (TPSA) is 341 Å². The van der Waals surface area contributed by atoms with E-state index in [2.05, 4.69) is 30.3 Å². The number of carboxylic acid groups (broad SMARTS) is 1. The molecule has 6 atom stereocenters.